The summed E-state index contributed by atoms with van der Waals surface area (Å²) in [6, 6.07) is 1.99. The van der Waals surface area contributed by atoms with Crippen molar-refractivity contribution in [1.29, 1.82) is 0 Å². The fourth-order valence-corrected chi connectivity index (χ4v) is 0.792. The molecule has 1 rings (SSSR count). The molecule has 0 unspecified atom stereocenters. The normalized spacial score (nSPS) is 11.6. The second-order valence-corrected chi connectivity index (χ2v) is 2.37. The van der Waals surface area contributed by atoms with Crippen molar-refractivity contribution >= 4 is 5.91 Å². The number of amides is 1. The number of carbonyl (C=O) groups is 1. The van der Waals surface area contributed by atoms with E-state index >= 15 is 0 Å². The minimum absolute atomic E-state index is 0.280. The molecule has 13 heavy (non-hydrogen) atoms. The van der Waals surface area contributed by atoms with Gasteiger partial charge in [-0.2, -0.15) is 0 Å². The second-order valence-electron chi connectivity index (χ2n) is 2.37. The van der Waals surface area contributed by atoms with E-state index in [2.05, 4.69) is 4.99 Å². The molecule has 0 aliphatic carbocycles. The van der Waals surface area contributed by atoms with Gasteiger partial charge in [-0.15, -0.1) is 0 Å². The van der Waals surface area contributed by atoms with Gasteiger partial charge in [-0.25, -0.2) is 4.99 Å². The van der Waals surface area contributed by atoms with Crippen LogP contribution in [0.15, 0.2) is 31.5 Å². The van der Waals surface area contributed by atoms with Gasteiger partial charge < -0.3 is 0 Å². The van der Waals surface area contributed by atoms with Gasteiger partial charge in [-0.1, -0.05) is 0 Å². The molecule has 1 aromatic rings. The number of hydrogen-bond acceptors (Lipinski definition) is 4. The Morgan fingerprint density at radius 3 is 2.31 bits per heavy atom. The lowest BCUT2D eigenvalue weighted by atomic mass is 10.3. The summed E-state index contributed by atoms with van der Waals surface area (Å²) in [5.74, 6) is -0.588. The lowest BCUT2D eigenvalue weighted by molar-refractivity contribution is -0.116. The number of nitrogens with zero attached hydrogens (tertiary/aromatic N) is 1. The summed E-state index contributed by atoms with van der Waals surface area (Å²) in [6.07, 6.45) is 0. The molecular weight excluding hydrogens is 174 g/mol. The first-order chi connectivity index (χ1) is 6.02. The van der Waals surface area contributed by atoms with E-state index in [0.717, 1.165) is 19.1 Å². The van der Waals surface area contributed by atoms with Crippen LogP contribution in [0, 0.1) is 0 Å². The van der Waals surface area contributed by atoms with Crippen molar-refractivity contribution in [1.82, 2.24) is 0 Å². The van der Waals surface area contributed by atoms with E-state index in [9.17, 15) is 19.2 Å². The van der Waals surface area contributed by atoms with Gasteiger partial charge >= 0.3 is 0 Å². The van der Waals surface area contributed by atoms with Crippen LogP contribution < -0.4 is 21.6 Å². The van der Waals surface area contributed by atoms with Gasteiger partial charge in [-0.3, -0.25) is 19.2 Å². The van der Waals surface area contributed by atoms with E-state index in [1.165, 1.54) is 0 Å². The minimum atomic E-state index is -1.15. The summed E-state index contributed by atoms with van der Waals surface area (Å²) >= 11 is 0. The monoisotopic (exact) mass is 179 g/mol. The topological polar surface area (TPSA) is 80.6 Å². The first kappa shape index (κ1) is 9.18. The molecule has 0 aromatic heterocycles. The highest BCUT2D eigenvalue weighted by molar-refractivity contribution is 5.73. The van der Waals surface area contributed by atoms with Crippen molar-refractivity contribution < 1.29 is 4.79 Å². The Labute approximate surface area is 71.7 Å². The molecule has 0 heterocycles. The third-order valence-corrected chi connectivity index (χ3v) is 1.33. The highest BCUT2D eigenvalue weighted by Gasteiger charge is 2.01. The Morgan fingerprint density at radius 2 is 1.77 bits per heavy atom. The molecule has 1 aromatic carbocycles. The van der Waals surface area contributed by atoms with Crippen LogP contribution in [0.25, 0.3) is 0 Å². The van der Waals surface area contributed by atoms with Crippen molar-refractivity contribution in [2.75, 3.05) is 0 Å². The fraction of sp³-hybridized carbons (Fsp3) is 0.125. The first-order valence-electron chi connectivity index (χ1n) is 3.42. The average molecular weight is 179 g/mol. The van der Waals surface area contributed by atoms with Gasteiger partial charge in [0, 0.05) is 6.92 Å². The molecule has 0 radical (unpaired) electrons. The van der Waals surface area contributed by atoms with Crippen LogP contribution in [0.3, 0.4) is 0 Å². The molecule has 0 atom stereocenters. The molecule has 1 amide bonds. The van der Waals surface area contributed by atoms with Gasteiger partial charge in [0.2, 0.25) is 11.3 Å². The Balaban J connectivity index is 3.73. The van der Waals surface area contributed by atoms with Crippen LogP contribution >= 0.6 is 0 Å². The number of rotatable bonds is 0. The third-order valence-electron chi connectivity index (χ3n) is 1.33. The SMILES string of the molecule is CC(=O)N=c1ccc(=O)c(=O)c1=O. The molecule has 0 aliphatic heterocycles. The summed E-state index contributed by atoms with van der Waals surface area (Å²) in [5.41, 5.74) is -3.06. The molecule has 0 N–H and O–H groups in total. The fourth-order valence-electron chi connectivity index (χ4n) is 0.792. The minimum Gasteiger partial charge on any atom is -0.285 e. The smallest absolute Gasteiger partial charge is 0.274 e. The first-order valence-corrected chi connectivity index (χ1v) is 3.42. The van der Waals surface area contributed by atoms with E-state index < -0.39 is 22.2 Å². The third kappa shape index (κ3) is 1.81. The Morgan fingerprint density at radius 1 is 1.15 bits per heavy atom. The van der Waals surface area contributed by atoms with E-state index in [0.29, 0.717) is 0 Å². The molecule has 0 spiro atoms. The predicted molar refractivity (Wildman–Crippen MR) is 43.9 cm³/mol. The number of benzene rings is 1. The maximum Gasteiger partial charge on any atom is 0.274 e. The average Bonchev–Trinajstić information content (AvgIpc) is 2.06. The lowest BCUT2D eigenvalue weighted by Crippen LogP contribution is -2.46. The highest BCUT2D eigenvalue weighted by Crippen LogP contribution is 1.64. The van der Waals surface area contributed by atoms with Crippen molar-refractivity contribution in [3.63, 3.8) is 0 Å². The van der Waals surface area contributed by atoms with E-state index in [-0.39, 0.29) is 5.36 Å². The van der Waals surface area contributed by atoms with Gasteiger partial charge in [0.05, 0.1) is 0 Å². The van der Waals surface area contributed by atoms with Crippen LogP contribution in [0.1, 0.15) is 6.92 Å². The highest BCUT2D eigenvalue weighted by atomic mass is 16.2. The van der Waals surface area contributed by atoms with Crippen LogP contribution in [0.4, 0.5) is 0 Å². The van der Waals surface area contributed by atoms with E-state index in [1.54, 1.807) is 0 Å². The Kier molecular flexibility index (Phi) is 2.27. The van der Waals surface area contributed by atoms with Crippen LogP contribution in [0.5, 0.6) is 0 Å². The van der Waals surface area contributed by atoms with E-state index in [4.69, 9.17) is 0 Å². The molecular formula is C8H5NO4. The number of hydrogen-bond donors (Lipinski definition) is 0. The quantitative estimate of drug-likeness (QED) is 0.435. The number of carbonyl (C=O) groups excluding carboxylic acids is 1. The summed E-state index contributed by atoms with van der Waals surface area (Å²) in [7, 11) is 0. The van der Waals surface area contributed by atoms with Crippen molar-refractivity contribution in [2.45, 2.75) is 6.92 Å². The predicted octanol–water partition coefficient (Wildman–Crippen LogP) is -1.91. The molecule has 0 fully saturated rings. The summed E-state index contributed by atoms with van der Waals surface area (Å²) < 4.78 is 0. The molecule has 0 bridgehead atoms. The molecule has 5 heteroatoms. The van der Waals surface area contributed by atoms with Crippen molar-refractivity contribution in [3.8, 4) is 0 Å². The Bertz CT molecular complexity index is 549. The molecule has 0 saturated carbocycles. The summed E-state index contributed by atoms with van der Waals surface area (Å²) in [5, 5.41) is -0.280. The lowest BCUT2D eigenvalue weighted by Gasteiger charge is -1.80. The van der Waals surface area contributed by atoms with Gasteiger partial charge in [-0.05, 0) is 12.1 Å². The summed E-state index contributed by atoms with van der Waals surface area (Å²) in [4.78, 5) is 46.1. The molecule has 0 aliphatic rings. The molecule has 5 nitrogen and oxygen atoms in total. The zero-order valence-corrected chi connectivity index (χ0v) is 6.73. The van der Waals surface area contributed by atoms with Gasteiger partial charge in [0.25, 0.3) is 10.9 Å². The standard InChI is InChI=1S/C8H5NO4/c1-4(10)9-5-2-3-6(11)8(13)7(5)12/h2-3H,1H3. The zero-order valence-electron chi connectivity index (χ0n) is 6.73. The van der Waals surface area contributed by atoms with Gasteiger partial charge in [0.15, 0.2) is 0 Å². The zero-order chi connectivity index (χ0) is 10.0. The molecule has 66 valence electrons. The largest absolute Gasteiger partial charge is 0.285 e. The van der Waals surface area contributed by atoms with Crippen molar-refractivity contribution in [2.24, 2.45) is 4.99 Å². The molecule has 0 saturated heterocycles. The van der Waals surface area contributed by atoms with Gasteiger partial charge in [0.1, 0.15) is 5.36 Å². The van der Waals surface area contributed by atoms with E-state index in [1.807, 2.05) is 0 Å². The maximum absolute atomic E-state index is 11.0. The second kappa shape index (κ2) is 3.22. The van der Waals surface area contributed by atoms with Crippen LogP contribution in [0.2, 0.25) is 0 Å². The Hall–Kier alpha value is -1.91. The van der Waals surface area contributed by atoms with Crippen LogP contribution in [-0.2, 0) is 4.79 Å². The van der Waals surface area contributed by atoms with Crippen LogP contribution in [-0.4, -0.2) is 5.91 Å². The van der Waals surface area contributed by atoms with Crippen molar-refractivity contribution in [3.05, 3.63) is 48.2 Å². The maximum atomic E-state index is 11.0. The summed E-state index contributed by atoms with van der Waals surface area (Å²) in [6.45, 7) is 1.15.